The zero-order valence-electron chi connectivity index (χ0n) is 12.3. The summed E-state index contributed by atoms with van der Waals surface area (Å²) in [6, 6.07) is 0. The summed E-state index contributed by atoms with van der Waals surface area (Å²) < 4.78 is 10.2. The Morgan fingerprint density at radius 1 is 1.11 bits per heavy atom. The number of esters is 1. The van der Waals surface area contributed by atoms with Crippen molar-refractivity contribution in [2.45, 2.75) is 82.8 Å². The molecule has 1 aliphatic rings. The van der Waals surface area contributed by atoms with Crippen molar-refractivity contribution >= 4 is 17.6 Å². The van der Waals surface area contributed by atoms with Crippen molar-refractivity contribution in [2.75, 3.05) is 6.61 Å². The molecular weight excluding hydrogens is 264 g/mol. The predicted octanol–water partition coefficient (Wildman–Crippen LogP) is 4.41. The van der Waals surface area contributed by atoms with Crippen LogP contribution in [0.25, 0.3) is 0 Å². The smallest absolute Gasteiger partial charge is 0.357 e. The van der Waals surface area contributed by atoms with Crippen molar-refractivity contribution in [2.24, 2.45) is 0 Å². The summed E-state index contributed by atoms with van der Waals surface area (Å²) in [5, 5.41) is -1.17. The minimum Gasteiger partial charge on any atom is -0.463 e. The van der Waals surface area contributed by atoms with Gasteiger partial charge in [-0.2, -0.15) is 0 Å². The molecule has 1 heterocycles. The highest BCUT2D eigenvalue weighted by Crippen LogP contribution is 2.44. The topological polar surface area (TPSA) is 38.8 Å². The molecule has 0 N–H and O–H groups in total. The lowest BCUT2D eigenvalue weighted by atomic mass is 10.1. The van der Waals surface area contributed by atoms with Gasteiger partial charge in [-0.05, 0) is 13.3 Å². The molecule has 112 valence electrons. The van der Waals surface area contributed by atoms with Gasteiger partial charge in [0, 0.05) is 0 Å². The Labute approximate surface area is 122 Å². The van der Waals surface area contributed by atoms with Crippen molar-refractivity contribution in [1.29, 1.82) is 0 Å². The number of ether oxygens (including phenoxy) is 2. The van der Waals surface area contributed by atoms with Crippen LogP contribution in [-0.4, -0.2) is 23.7 Å². The molecular formula is C15H27ClO3. The third-order valence-corrected chi connectivity index (χ3v) is 4.03. The SMILES string of the molecule is CCCCCCCCCCC1OC1(Cl)C(=O)OCC. The van der Waals surface area contributed by atoms with Gasteiger partial charge in [-0.1, -0.05) is 69.9 Å². The van der Waals surface area contributed by atoms with E-state index in [1.807, 2.05) is 0 Å². The summed E-state index contributed by atoms with van der Waals surface area (Å²) in [6.07, 6.45) is 10.9. The summed E-state index contributed by atoms with van der Waals surface area (Å²) in [4.78, 5) is 11.5. The monoisotopic (exact) mass is 290 g/mol. The Balaban J connectivity index is 1.96. The van der Waals surface area contributed by atoms with E-state index < -0.39 is 11.0 Å². The van der Waals surface area contributed by atoms with E-state index in [0.29, 0.717) is 6.61 Å². The maximum absolute atomic E-state index is 11.5. The third kappa shape index (κ3) is 5.70. The van der Waals surface area contributed by atoms with Crippen LogP contribution < -0.4 is 0 Å². The van der Waals surface area contributed by atoms with Gasteiger partial charge in [-0.3, -0.25) is 0 Å². The first-order valence-corrected chi connectivity index (χ1v) is 8.06. The van der Waals surface area contributed by atoms with Crippen molar-refractivity contribution in [1.82, 2.24) is 0 Å². The zero-order valence-corrected chi connectivity index (χ0v) is 13.0. The summed E-state index contributed by atoms with van der Waals surface area (Å²) >= 11 is 6.04. The number of carbonyl (C=O) groups is 1. The lowest BCUT2D eigenvalue weighted by molar-refractivity contribution is -0.146. The van der Waals surface area contributed by atoms with Gasteiger partial charge in [-0.25, -0.2) is 4.79 Å². The van der Waals surface area contributed by atoms with Crippen LogP contribution in [0.1, 0.15) is 71.6 Å². The van der Waals surface area contributed by atoms with Gasteiger partial charge in [0.25, 0.3) is 5.06 Å². The van der Waals surface area contributed by atoms with E-state index in [-0.39, 0.29) is 6.10 Å². The molecule has 0 amide bonds. The molecule has 1 aliphatic heterocycles. The molecule has 0 aromatic carbocycles. The molecule has 1 rings (SSSR count). The fraction of sp³-hybridized carbons (Fsp3) is 0.933. The minimum absolute atomic E-state index is 0.145. The molecule has 2 unspecified atom stereocenters. The molecule has 3 nitrogen and oxygen atoms in total. The van der Waals surface area contributed by atoms with E-state index in [1.165, 1.54) is 44.9 Å². The van der Waals surface area contributed by atoms with Crippen LogP contribution in [0.5, 0.6) is 0 Å². The molecule has 0 aromatic heterocycles. The fourth-order valence-corrected chi connectivity index (χ4v) is 2.56. The van der Waals surface area contributed by atoms with Crippen molar-refractivity contribution < 1.29 is 14.3 Å². The average molecular weight is 291 g/mol. The molecule has 19 heavy (non-hydrogen) atoms. The second-order valence-corrected chi connectivity index (χ2v) is 5.80. The number of epoxide rings is 1. The lowest BCUT2D eigenvalue weighted by Gasteiger charge is -2.04. The molecule has 4 heteroatoms. The molecule has 2 atom stereocenters. The normalized spacial score (nSPS) is 25.3. The van der Waals surface area contributed by atoms with Crippen molar-refractivity contribution in [3.05, 3.63) is 0 Å². The zero-order chi connectivity index (χ0) is 14.1. The number of unbranched alkanes of at least 4 members (excludes halogenated alkanes) is 7. The van der Waals surface area contributed by atoms with Crippen LogP contribution in [0.15, 0.2) is 0 Å². The van der Waals surface area contributed by atoms with Gasteiger partial charge >= 0.3 is 5.97 Å². The molecule has 0 spiro atoms. The molecule has 0 bridgehead atoms. The third-order valence-electron chi connectivity index (χ3n) is 3.54. The van der Waals surface area contributed by atoms with Gasteiger partial charge in [-0.15, -0.1) is 0 Å². The quantitative estimate of drug-likeness (QED) is 0.245. The largest absolute Gasteiger partial charge is 0.463 e. The summed E-state index contributed by atoms with van der Waals surface area (Å²) in [6.45, 7) is 4.35. The molecule has 0 aliphatic carbocycles. The number of hydrogen-bond acceptors (Lipinski definition) is 3. The number of alkyl halides is 1. The van der Waals surface area contributed by atoms with E-state index in [0.717, 1.165) is 12.8 Å². The van der Waals surface area contributed by atoms with Gasteiger partial charge in [0.05, 0.1) is 6.61 Å². The Bertz CT molecular complexity index is 270. The average Bonchev–Trinajstić information content (AvgIpc) is 3.06. The predicted molar refractivity (Wildman–Crippen MR) is 77.3 cm³/mol. The van der Waals surface area contributed by atoms with E-state index in [4.69, 9.17) is 21.1 Å². The van der Waals surface area contributed by atoms with Gasteiger partial charge in [0.15, 0.2) is 0 Å². The minimum atomic E-state index is -1.17. The number of halogens is 1. The van der Waals surface area contributed by atoms with Crippen LogP contribution in [0.2, 0.25) is 0 Å². The second kappa shape index (κ2) is 8.80. The summed E-state index contributed by atoms with van der Waals surface area (Å²) in [5.41, 5.74) is 0. The van der Waals surface area contributed by atoms with E-state index >= 15 is 0 Å². The number of carbonyl (C=O) groups excluding carboxylic acids is 1. The summed E-state index contributed by atoms with van der Waals surface area (Å²) in [5.74, 6) is -0.429. The maximum atomic E-state index is 11.5. The van der Waals surface area contributed by atoms with Crippen LogP contribution in [0.4, 0.5) is 0 Å². The van der Waals surface area contributed by atoms with Crippen LogP contribution in [-0.2, 0) is 14.3 Å². The molecule has 0 saturated carbocycles. The van der Waals surface area contributed by atoms with Crippen LogP contribution in [0.3, 0.4) is 0 Å². The lowest BCUT2D eigenvalue weighted by Crippen LogP contribution is -2.23. The van der Waals surface area contributed by atoms with E-state index in [2.05, 4.69) is 6.92 Å². The van der Waals surface area contributed by atoms with Crippen LogP contribution in [0, 0.1) is 0 Å². The van der Waals surface area contributed by atoms with E-state index in [1.54, 1.807) is 6.92 Å². The molecule has 1 fully saturated rings. The van der Waals surface area contributed by atoms with Gasteiger partial charge in [0.1, 0.15) is 6.10 Å². The maximum Gasteiger partial charge on any atom is 0.357 e. The van der Waals surface area contributed by atoms with Gasteiger partial charge in [0.2, 0.25) is 0 Å². The first-order valence-electron chi connectivity index (χ1n) is 7.69. The Morgan fingerprint density at radius 3 is 2.26 bits per heavy atom. The van der Waals surface area contributed by atoms with Crippen molar-refractivity contribution in [3.63, 3.8) is 0 Å². The first-order chi connectivity index (χ1) is 9.15. The molecule has 0 radical (unpaired) electrons. The highest BCUT2D eigenvalue weighted by atomic mass is 35.5. The number of hydrogen-bond donors (Lipinski definition) is 0. The molecule has 0 aromatic rings. The Morgan fingerprint density at radius 2 is 1.68 bits per heavy atom. The summed E-state index contributed by atoms with van der Waals surface area (Å²) in [7, 11) is 0. The van der Waals surface area contributed by atoms with Crippen molar-refractivity contribution in [3.8, 4) is 0 Å². The highest BCUT2D eigenvalue weighted by molar-refractivity contribution is 6.35. The van der Waals surface area contributed by atoms with E-state index in [9.17, 15) is 4.79 Å². The molecule has 1 saturated heterocycles. The standard InChI is InChI=1S/C15H27ClO3/c1-3-5-6-7-8-9-10-11-12-13-15(16,19-13)14(17)18-4-2/h13H,3-12H2,1-2H3. The Hall–Kier alpha value is -0.280. The van der Waals surface area contributed by atoms with Gasteiger partial charge < -0.3 is 9.47 Å². The first kappa shape index (κ1) is 16.8. The number of rotatable bonds is 11. The van der Waals surface area contributed by atoms with Crippen LogP contribution >= 0.6 is 11.6 Å². The highest BCUT2D eigenvalue weighted by Gasteiger charge is 2.62. The fourth-order valence-electron chi connectivity index (χ4n) is 2.29. The second-order valence-electron chi connectivity index (χ2n) is 5.24. The Kier molecular flexibility index (Phi) is 7.77.